The van der Waals surface area contributed by atoms with Gasteiger partial charge in [-0.15, -0.1) is 0 Å². The van der Waals surface area contributed by atoms with E-state index in [0.717, 1.165) is 6.54 Å². The number of hydrogen-bond donors (Lipinski definition) is 2. The molecule has 1 aromatic heterocycles. The van der Waals surface area contributed by atoms with Crippen molar-refractivity contribution in [3.05, 3.63) is 24.2 Å². The third kappa shape index (κ3) is 3.62. The van der Waals surface area contributed by atoms with Crippen molar-refractivity contribution < 1.29 is 9.21 Å². The zero-order valence-corrected chi connectivity index (χ0v) is 8.54. The van der Waals surface area contributed by atoms with Crippen LogP contribution in [0.15, 0.2) is 23.0 Å². The Hall–Kier alpha value is -1.29. The molecule has 14 heavy (non-hydrogen) atoms. The van der Waals surface area contributed by atoms with Gasteiger partial charge in [0.15, 0.2) is 0 Å². The van der Waals surface area contributed by atoms with Crippen LogP contribution in [0.5, 0.6) is 0 Å². The van der Waals surface area contributed by atoms with E-state index in [-0.39, 0.29) is 5.91 Å². The first kappa shape index (κ1) is 10.8. The van der Waals surface area contributed by atoms with Crippen molar-refractivity contribution in [2.24, 2.45) is 0 Å². The van der Waals surface area contributed by atoms with Crippen molar-refractivity contribution in [2.45, 2.75) is 19.9 Å². The number of carbonyl (C=O) groups excluding carboxylic acids is 1. The van der Waals surface area contributed by atoms with Crippen molar-refractivity contribution in [1.82, 2.24) is 10.6 Å². The highest BCUT2D eigenvalue weighted by atomic mass is 16.3. The average Bonchev–Trinajstić information content (AvgIpc) is 2.64. The summed E-state index contributed by atoms with van der Waals surface area (Å²) in [5, 5.41) is 5.99. The summed E-state index contributed by atoms with van der Waals surface area (Å²) >= 11 is 0. The zero-order valence-electron chi connectivity index (χ0n) is 8.54. The number of nitrogens with one attached hydrogen (secondary N) is 2. The number of hydrogen-bond acceptors (Lipinski definition) is 3. The van der Waals surface area contributed by atoms with Crippen LogP contribution in [0.1, 0.15) is 24.2 Å². The second kappa shape index (κ2) is 5.44. The molecule has 0 saturated heterocycles. The van der Waals surface area contributed by atoms with E-state index >= 15 is 0 Å². The van der Waals surface area contributed by atoms with Crippen LogP contribution in [0.25, 0.3) is 0 Å². The number of carbonyl (C=O) groups is 1. The lowest BCUT2D eigenvalue weighted by Crippen LogP contribution is -2.34. The minimum absolute atomic E-state index is 0.0932. The minimum Gasteiger partial charge on any atom is -0.472 e. The maximum atomic E-state index is 11.4. The van der Waals surface area contributed by atoms with E-state index in [4.69, 9.17) is 4.42 Å². The predicted molar refractivity (Wildman–Crippen MR) is 54.2 cm³/mol. The molecule has 2 N–H and O–H groups in total. The van der Waals surface area contributed by atoms with Crippen LogP contribution in [-0.4, -0.2) is 25.0 Å². The molecule has 0 aromatic carbocycles. The summed E-state index contributed by atoms with van der Waals surface area (Å²) in [6.07, 6.45) is 2.92. The Bertz CT molecular complexity index is 268. The molecule has 4 heteroatoms. The Morgan fingerprint density at radius 2 is 2.29 bits per heavy atom. The lowest BCUT2D eigenvalue weighted by Gasteiger charge is -2.08. The first-order valence-corrected chi connectivity index (χ1v) is 4.74. The van der Waals surface area contributed by atoms with Gasteiger partial charge in [-0.05, 0) is 6.07 Å². The second-order valence-corrected chi connectivity index (χ2v) is 3.38. The highest BCUT2D eigenvalue weighted by Gasteiger charge is 2.04. The van der Waals surface area contributed by atoms with Gasteiger partial charge >= 0.3 is 0 Å². The molecule has 1 heterocycles. The fraction of sp³-hybridized carbons (Fsp3) is 0.500. The molecular formula is C10H16N2O2. The lowest BCUT2D eigenvalue weighted by molar-refractivity contribution is 0.0953. The summed E-state index contributed by atoms with van der Waals surface area (Å²) in [6, 6.07) is 2.09. The highest BCUT2D eigenvalue weighted by molar-refractivity contribution is 5.93. The maximum absolute atomic E-state index is 11.4. The van der Waals surface area contributed by atoms with Crippen LogP contribution in [0.4, 0.5) is 0 Å². The van der Waals surface area contributed by atoms with E-state index in [2.05, 4.69) is 24.5 Å². The van der Waals surface area contributed by atoms with E-state index in [0.29, 0.717) is 18.2 Å². The molecule has 0 atom stereocenters. The molecular weight excluding hydrogens is 180 g/mol. The first-order chi connectivity index (χ1) is 6.70. The molecule has 0 saturated carbocycles. The van der Waals surface area contributed by atoms with Crippen molar-refractivity contribution in [3.8, 4) is 0 Å². The molecule has 0 fully saturated rings. The van der Waals surface area contributed by atoms with E-state index in [1.165, 1.54) is 12.5 Å². The van der Waals surface area contributed by atoms with E-state index in [1.54, 1.807) is 6.07 Å². The molecule has 1 amide bonds. The standard InChI is InChI=1S/C10H16N2O2/c1-8(2)11-4-5-12-10(13)9-3-6-14-7-9/h3,6-8,11H,4-5H2,1-2H3,(H,12,13). The van der Waals surface area contributed by atoms with Crippen LogP contribution in [0.2, 0.25) is 0 Å². The van der Waals surface area contributed by atoms with Crippen LogP contribution in [0.3, 0.4) is 0 Å². The molecule has 0 unspecified atom stereocenters. The molecule has 4 nitrogen and oxygen atoms in total. The van der Waals surface area contributed by atoms with Crippen molar-refractivity contribution in [3.63, 3.8) is 0 Å². The Morgan fingerprint density at radius 1 is 1.50 bits per heavy atom. The van der Waals surface area contributed by atoms with Gasteiger partial charge in [0.1, 0.15) is 6.26 Å². The SMILES string of the molecule is CC(C)NCCNC(=O)c1ccoc1. The van der Waals surface area contributed by atoms with Crippen LogP contribution in [0, 0.1) is 0 Å². The van der Waals surface area contributed by atoms with Gasteiger partial charge in [-0.3, -0.25) is 4.79 Å². The molecule has 0 radical (unpaired) electrons. The third-order valence-electron chi connectivity index (χ3n) is 1.75. The van der Waals surface area contributed by atoms with E-state index in [9.17, 15) is 4.79 Å². The van der Waals surface area contributed by atoms with E-state index in [1.807, 2.05) is 0 Å². The molecule has 0 aliphatic carbocycles. The molecule has 78 valence electrons. The largest absolute Gasteiger partial charge is 0.472 e. The summed E-state index contributed by atoms with van der Waals surface area (Å²) in [6.45, 7) is 5.54. The normalized spacial score (nSPS) is 10.5. The Morgan fingerprint density at radius 3 is 2.86 bits per heavy atom. The molecule has 1 rings (SSSR count). The Kier molecular flexibility index (Phi) is 4.19. The molecule has 0 bridgehead atoms. The lowest BCUT2D eigenvalue weighted by atomic mass is 10.3. The van der Waals surface area contributed by atoms with Crippen LogP contribution >= 0.6 is 0 Å². The third-order valence-corrected chi connectivity index (χ3v) is 1.75. The molecule has 0 aliphatic heterocycles. The van der Waals surface area contributed by atoms with Gasteiger partial charge in [-0.1, -0.05) is 13.8 Å². The topological polar surface area (TPSA) is 54.3 Å². The van der Waals surface area contributed by atoms with Gasteiger partial charge in [0, 0.05) is 19.1 Å². The molecule has 0 aliphatic rings. The van der Waals surface area contributed by atoms with Gasteiger partial charge in [0.2, 0.25) is 0 Å². The van der Waals surface area contributed by atoms with Gasteiger partial charge < -0.3 is 15.1 Å². The fourth-order valence-electron chi connectivity index (χ4n) is 1.03. The smallest absolute Gasteiger partial charge is 0.254 e. The summed E-state index contributed by atoms with van der Waals surface area (Å²) in [7, 11) is 0. The van der Waals surface area contributed by atoms with Crippen molar-refractivity contribution in [1.29, 1.82) is 0 Å². The van der Waals surface area contributed by atoms with Crippen LogP contribution in [-0.2, 0) is 0 Å². The number of rotatable bonds is 5. The minimum atomic E-state index is -0.0932. The highest BCUT2D eigenvalue weighted by Crippen LogP contribution is 1.98. The Labute approximate surface area is 83.7 Å². The summed E-state index contributed by atoms with van der Waals surface area (Å²) < 4.78 is 4.80. The Balaban J connectivity index is 2.16. The first-order valence-electron chi connectivity index (χ1n) is 4.74. The predicted octanol–water partition coefficient (Wildman–Crippen LogP) is 1.01. The van der Waals surface area contributed by atoms with Gasteiger partial charge in [0.05, 0.1) is 11.8 Å². The zero-order chi connectivity index (χ0) is 10.4. The quantitative estimate of drug-likeness (QED) is 0.691. The summed E-state index contributed by atoms with van der Waals surface area (Å²) in [5.74, 6) is -0.0932. The van der Waals surface area contributed by atoms with Crippen molar-refractivity contribution >= 4 is 5.91 Å². The van der Waals surface area contributed by atoms with Crippen LogP contribution < -0.4 is 10.6 Å². The number of furan rings is 1. The monoisotopic (exact) mass is 196 g/mol. The average molecular weight is 196 g/mol. The summed E-state index contributed by atoms with van der Waals surface area (Å²) in [4.78, 5) is 11.4. The second-order valence-electron chi connectivity index (χ2n) is 3.38. The maximum Gasteiger partial charge on any atom is 0.254 e. The molecule has 1 aromatic rings. The molecule has 0 spiro atoms. The van der Waals surface area contributed by atoms with Crippen molar-refractivity contribution in [2.75, 3.05) is 13.1 Å². The van der Waals surface area contributed by atoms with Gasteiger partial charge in [-0.2, -0.15) is 0 Å². The van der Waals surface area contributed by atoms with Gasteiger partial charge in [0.25, 0.3) is 5.91 Å². The fourth-order valence-corrected chi connectivity index (χ4v) is 1.03. The summed E-state index contributed by atoms with van der Waals surface area (Å²) in [5.41, 5.74) is 0.564. The van der Waals surface area contributed by atoms with Gasteiger partial charge in [-0.25, -0.2) is 0 Å². The number of amides is 1. The van der Waals surface area contributed by atoms with E-state index < -0.39 is 0 Å².